The molecule has 1 amide bonds. The number of carbonyl (C=O) groups is 1. The van der Waals surface area contributed by atoms with Gasteiger partial charge in [0, 0.05) is 24.5 Å². The van der Waals surface area contributed by atoms with E-state index in [1.807, 2.05) is 16.2 Å². The fraction of sp³-hybridized carbons (Fsp3) is 0.611. The van der Waals surface area contributed by atoms with Gasteiger partial charge in [-0.1, -0.05) is 6.92 Å². The Bertz CT molecular complexity index is 772. The minimum absolute atomic E-state index is 0.101. The van der Waals surface area contributed by atoms with E-state index in [-0.39, 0.29) is 11.9 Å². The monoisotopic (exact) mass is 344 g/mol. The standard InChI is InChI=1S/C18H24N4OS/c1-3-13-18(23)21(4-2)9-10-22(13)16-15-12-7-5-6-8-14(12)24-17(15)20-11-19-16/h11,13H,3-10H2,1-2H3. The number of thiophene rings is 1. The highest BCUT2D eigenvalue weighted by Gasteiger charge is 2.35. The number of likely N-dealkylation sites (N-methyl/N-ethyl adjacent to an activating group) is 1. The van der Waals surface area contributed by atoms with Gasteiger partial charge in [-0.05, 0) is 44.6 Å². The molecular formula is C18H24N4OS. The van der Waals surface area contributed by atoms with Crippen LogP contribution in [0.5, 0.6) is 0 Å². The zero-order valence-corrected chi connectivity index (χ0v) is 15.2. The minimum atomic E-state index is -0.101. The maximum absolute atomic E-state index is 12.8. The molecule has 2 aromatic heterocycles. The summed E-state index contributed by atoms with van der Waals surface area (Å²) in [5, 5.41) is 1.22. The van der Waals surface area contributed by atoms with Crippen molar-refractivity contribution in [3.63, 3.8) is 0 Å². The Morgan fingerprint density at radius 1 is 1.21 bits per heavy atom. The second kappa shape index (κ2) is 6.31. The van der Waals surface area contributed by atoms with E-state index in [1.165, 1.54) is 28.7 Å². The molecular weight excluding hydrogens is 320 g/mol. The Morgan fingerprint density at radius 2 is 2.04 bits per heavy atom. The van der Waals surface area contributed by atoms with Crippen molar-refractivity contribution in [3.8, 4) is 0 Å². The van der Waals surface area contributed by atoms with E-state index in [9.17, 15) is 4.79 Å². The van der Waals surface area contributed by atoms with E-state index in [0.29, 0.717) is 0 Å². The summed E-state index contributed by atoms with van der Waals surface area (Å²) in [4.78, 5) is 28.7. The van der Waals surface area contributed by atoms with Crippen molar-refractivity contribution in [1.29, 1.82) is 0 Å². The van der Waals surface area contributed by atoms with Crippen LogP contribution < -0.4 is 4.90 Å². The molecule has 1 saturated heterocycles. The smallest absolute Gasteiger partial charge is 0.245 e. The van der Waals surface area contributed by atoms with Crippen molar-refractivity contribution < 1.29 is 4.79 Å². The van der Waals surface area contributed by atoms with E-state index < -0.39 is 0 Å². The third-order valence-electron chi connectivity index (χ3n) is 5.36. The molecule has 0 spiro atoms. The number of aromatic nitrogens is 2. The molecule has 4 rings (SSSR count). The Balaban J connectivity index is 1.81. The van der Waals surface area contributed by atoms with Crippen LogP contribution in [0.4, 0.5) is 5.82 Å². The molecule has 2 aromatic rings. The number of fused-ring (bicyclic) bond motifs is 3. The first-order valence-corrected chi connectivity index (χ1v) is 9.86. The predicted molar refractivity (Wildman–Crippen MR) is 97.7 cm³/mol. The predicted octanol–water partition coefficient (Wildman–Crippen LogP) is 3.02. The van der Waals surface area contributed by atoms with Crippen LogP contribution in [0.25, 0.3) is 10.2 Å². The molecule has 3 heterocycles. The third kappa shape index (κ3) is 2.39. The second-order valence-corrected chi connectivity index (χ2v) is 7.71. The van der Waals surface area contributed by atoms with Crippen LogP contribution in [0.15, 0.2) is 6.33 Å². The van der Waals surface area contributed by atoms with Crippen LogP contribution >= 0.6 is 11.3 Å². The van der Waals surface area contributed by atoms with Gasteiger partial charge < -0.3 is 9.80 Å². The summed E-state index contributed by atoms with van der Waals surface area (Å²) >= 11 is 1.82. The van der Waals surface area contributed by atoms with Gasteiger partial charge in [-0.2, -0.15) is 0 Å². The number of piperazine rings is 1. The molecule has 0 radical (unpaired) electrons. The number of hydrogen-bond acceptors (Lipinski definition) is 5. The number of hydrogen-bond donors (Lipinski definition) is 0. The number of anilines is 1. The Labute approximate surface area is 146 Å². The van der Waals surface area contributed by atoms with Gasteiger partial charge in [0.05, 0.1) is 5.39 Å². The molecule has 1 unspecified atom stereocenters. The number of amides is 1. The molecule has 0 bridgehead atoms. The molecule has 6 heteroatoms. The highest BCUT2D eigenvalue weighted by Crippen LogP contribution is 2.40. The molecule has 1 aliphatic carbocycles. The lowest BCUT2D eigenvalue weighted by Crippen LogP contribution is -2.57. The van der Waals surface area contributed by atoms with Crippen molar-refractivity contribution in [1.82, 2.24) is 14.9 Å². The average Bonchev–Trinajstić information content (AvgIpc) is 3.00. The van der Waals surface area contributed by atoms with Gasteiger partial charge in [-0.25, -0.2) is 9.97 Å². The van der Waals surface area contributed by atoms with Crippen LogP contribution in [0, 0.1) is 0 Å². The van der Waals surface area contributed by atoms with E-state index in [1.54, 1.807) is 6.33 Å². The van der Waals surface area contributed by atoms with Gasteiger partial charge in [0.25, 0.3) is 0 Å². The van der Waals surface area contributed by atoms with E-state index in [2.05, 4.69) is 28.7 Å². The molecule has 5 nitrogen and oxygen atoms in total. The Hall–Kier alpha value is -1.69. The summed E-state index contributed by atoms with van der Waals surface area (Å²) < 4.78 is 0. The normalized spacial score (nSPS) is 21.4. The third-order valence-corrected chi connectivity index (χ3v) is 6.56. The number of aryl methyl sites for hydroxylation is 2. The zero-order chi connectivity index (χ0) is 16.7. The van der Waals surface area contributed by atoms with Crippen molar-refractivity contribution in [2.24, 2.45) is 0 Å². The van der Waals surface area contributed by atoms with Crippen LogP contribution in [-0.4, -0.2) is 46.5 Å². The van der Waals surface area contributed by atoms with Gasteiger partial charge in [0.1, 0.15) is 23.0 Å². The summed E-state index contributed by atoms with van der Waals surface area (Å²) in [7, 11) is 0. The highest BCUT2D eigenvalue weighted by molar-refractivity contribution is 7.19. The summed E-state index contributed by atoms with van der Waals surface area (Å²) in [5.74, 6) is 1.22. The summed E-state index contributed by atoms with van der Waals surface area (Å²) in [6, 6.07) is -0.101. The molecule has 24 heavy (non-hydrogen) atoms. The Morgan fingerprint density at radius 3 is 2.83 bits per heavy atom. The van der Waals surface area contributed by atoms with Gasteiger partial charge in [-0.15, -0.1) is 11.3 Å². The van der Waals surface area contributed by atoms with E-state index in [0.717, 1.165) is 49.5 Å². The quantitative estimate of drug-likeness (QED) is 0.859. The molecule has 2 aliphatic rings. The fourth-order valence-electron chi connectivity index (χ4n) is 4.09. The number of nitrogens with zero attached hydrogens (tertiary/aromatic N) is 4. The SMILES string of the molecule is CCC1C(=O)N(CC)CCN1c1ncnc2sc3c(c12)CCCC3. The number of carbonyl (C=O) groups excluding carboxylic acids is 1. The lowest BCUT2D eigenvalue weighted by molar-refractivity contribution is -0.134. The van der Waals surface area contributed by atoms with Crippen molar-refractivity contribution >= 4 is 33.3 Å². The minimum Gasteiger partial charge on any atom is -0.342 e. The molecule has 1 atom stereocenters. The molecule has 128 valence electrons. The maximum atomic E-state index is 12.8. The maximum Gasteiger partial charge on any atom is 0.245 e. The summed E-state index contributed by atoms with van der Waals surface area (Å²) in [5.41, 5.74) is 1.44. The van der Waals surface area contributed by atoms with E-state index >= 15 is 0 Å². The van der Waals surface area contributed by atoms with Crippen LogP contribution in [0.2, 0.25) is 0 Å². The first-order chi connectivity index (χ1) is 11.7. The van der Waals surface area contributed by atoms with Crippen molar-refractivity contribution in [3.05, 3.63) is 16.8 Å². The van der Waals surface area contributed by atoms with Gasteiger partial charge >= 0.3 is 0 Å². The zero-order valence-electron chi connectivity index (χ0n) is 14.4. The van der Waals surface area contributed by atoms with Crippen molar-refractivity contribution in [2.75, 3.05) is 24.5 Å². The molecule has 1 fully saturated rings. The van der Waals surface area contributed by atoms with Gasteiger partial charge in [0.15, 0.2) is 0 Å². The average molecular weight is 344 g/mol. The van der Waals surface area contributed by atoms with Gasteiger partial charge in [-0.3, -0.25) is 4.79 Å². The Kier molecular flexibility index (Phi) is 4.16. The summed E-state index contributed by atoms with van der Waals surface area (Å²) in [6.45, 7) is 6.57. The molecule has 0 saturated carbocycles. The lowest BCUT2D eigenvalue weighted by atomic mass is 9.96. The van der Waals surface area contributed by atoms with Gasteiger partial charge in [0.2, 0.25) is 5.91 Å². The lowest BCUT2D eigenvalue weighted by Gasteiger charge is -2.41. The second-order valence-electron chi connectivity index (χ2n) is 6.62. The van der Waals surface area contributed by atoms with E-state index in [4.69, 9.17) is 0 Å². The first kappa shape index (κ1) is 15.8. The van der Waals surface area contributed by atoms with Crippen molar-refractivity contribution in [2.45, 2.75) is 52.0 Å². The largest absolute Gasteiger partial charge is 0.342 e. The molecule has 0 N–H and O–H groups in total. The van der Waals surface area contributed by atoms with Crippen LogP contribution in [-0.2, 0) is 17.6 Å². The molecule has 1 aliphatic heterocycles. The highest BCUT2D eigenvalue weighted by atomic mass is 32.1. The summed E-state index contributed by atoms with van der Waals surface area (Å²) in [6.07, 6.45) is 7.28. The van der Waals surface area contributed by atoms with Crippen LogP contribution in [0.3, 0.4) is 0 Å². The molecule has 0 aromatic carbocycles. The fourth-order valence-corrected chi connectivity index (χ4v) is 5.32. The van der Waals surface area contributed by atoms with Crippen LogP contribution in [0.1, 0.15) is 43.6 Å². The first-order valence-electron chi connectivity index (χ1n) is 9.05. The number of rotatable bonds is 3. The topological polar surface area (TPSA) is 49.3 Å².